The predicted molar refractivity (Wildman–Crippen MR) is 94.3 cm³/mol. The summed E-state index contributed by atoms with van der Waals surface area (Å²) in [6.45, 7) is 3.35. The SMILES string of the molecule is Cc1ccc(CNc2cc(NCc3ccc(F)cc3)ncn2)cc1. The molecule has 2 N–H and O–H groups in total. The molecular weight excluding hydrogens is 303 g/mol. The first-order valence-electron chi connectivity index (χ1n) is 7.79. The van der Waals surface area contributed by atoms with E-state index in [9.17, 15) is 4.39 Å². The summed E-state index contributed by atoms with van der Waals surface area (Å²) < 4.78 is 12.9. The molecule has 1 aromatic heterocycles. The maximum atomic E-state index is 12.9. The third kappa shape index (κ3) is 4.52. The van der Waals surface area contributed by atoms with Crippen LogP contribution in [-0.2, 0) is 13.1 Å². The van der Waals surface area contributed by atoms with E-state index < -0.39 is 0 Å². The van der Waals surface area contributed by atoms with Gasteiger partial charge in [0.05, 0.1) is 0 Å². The van der Waals surface area contributed by atoms with Crippen LogP contribution < -0.4 is 10.6 Å². The number of nitrogens with one attached hydrogen (secondary N) is 2. The van der Waals surface area contributed by atoms with Gasteiger partial charge in [0.15, 0.2) is 0 Å². The lowest BCUT2D eigenvalue weighted by Crippen LogP contribution is -2.05. The smallest absolute Gasteiger partial charge is 0.131 e. The standard InChI is InChI=1S/C19H19FN4/c1-14-2-4-15(5-3-14)11-21-18-10-19(24-13-23-18)22-12-16-6-8-17(20)9-7-16/h2-10,13H,11-12H2,1H3,(H2,21,22,23,24). The molecule has 0 spiro atoms. The summed E-state index contributed by atoms with van der Waals surface area (Å²) in [6.07, 6.45) is 1.52. The van der Waals surface area contributed by atoms with Crippen molar-refractivity contribution in [1.29, 1.82) is 0 Å². The van der Waals surface area contributed by atoms with Crippen LogP contribution in [0, 0.1) is 12.7 Å². The molecule has 122 valence electrons. The van der Waals surface area contributed by atoms with Crippen molar-refractivity contribution in [3.05, 3.63) is 83.4 Å². The van der Waals surface area contributed by atoms with E-state index in [0.717, 1.165) is 17.2 Å². The first kappa shape index (κ1) is 15.9. The van der Waals surface area contributed by atoms with Crippen LogP contribution >= 0.6 is 0 Å². The summed E-state index contributed by atoms with van der Waals surface area (Å²) in [6, 6.07) is 16.6. The van der Waals surface area contributed by atoms with Crippen LogP contribution in [-0.4, -0.2) is 9.97 Å². The van der Waals surface area contributed by atoms with E-state index in [4.69, 9.17) is 0 Å². The summed E-state index contributed by atoms with van der Waals surface area (Å²) in [7, 11) is 0. The molecule has 3 rings (SSSR count). The molecule has 24 heavy (non-hydrogen) atoms. The summed E-state index contributed by atoms with van der Waals surface area (Å²) in [5.41, 5.74) is 3.43. The minimum Gasteiger partial charge on any atom is -0.366 e. The number of aryl methyl sites for hydroxylation is 1. The van der Waals surface area contributed by atoms with Gasteiger partial charge in [0.25, 0.3) is 0 Å². The molecule has 0 fully saturated rings. The van der Waals surface area contributed by atoms with Crippen molar-refractivity contribution in [1.82, 2.24) is 9.97 Å². The Labute approximate surface area is 140 Å². The third-order valence-electron chi connectivity index (χ3n) is 3.65. The van der Waals surface area contributed by atoms with Crippen molar-refractivity contribution in [3.63, 3.8) is 0 Å². The van der Waals surface area contributed by atoms with Crippen molar-refractivity contribution in [2.75, 3.05) is 10.6 Å². The minimum absolute atomic E-state index is 0.233. The van der Waals surface area contributed by atoms with Gasteiger partial charge in [-0.2, -0.15) is 0 Å². The molecule has 0 aliphatic carbocycles. The van der Waals surface area contributed by atoms with Crippen LogP contribution in [0.15, 0.2) is 60.9 Å². The molecule has 0 bridgehead atoms. The molecule has 0 aliphatic heterocycles. The number of hydrogen-bond donors (Lipinski definition) is 2. The maximum Gasteiger partial charge on any atom is 0.131 e. The van der Waals surface area contributed by atoms with E-state index in [1.165, 1.54) is 29.6 Å². The zero-order valence-corrected chi connectivity index (χ0v) is 13.5. The zero-order valence-electron chi connectivity index (χ0n) is 13.5. The van der Waals surface area contributed by atoms with E-state index in [1.54, 1.807) is 12.1 Å². The van der Waals surface area contributed by atoms with Crippen molar-refractivity contribution in [3.8, 4) is 0 Å². The second-order valence-corrected chi connectivity index (χ2v) is 5.61. The van der Waals surface area contributed by atoms with E-state index in [0.29, 0.717) is 13.1 Å². The van der Waals surface area contributed by atoms with Crippen LogP contribution in [0.3, 0.4) is 0 Å². The van der Waals surface area contributed by atoms with Crippen molar-refractivity contribution in [2.24, 2.45) is 0 Å². The van der Waals surface area contributed by atoms with E-state index in [1.807, 2.05) is 6.07 Å². The quantitative estimate of drug-likeness (QED) is 0.716. The number of halogens is 1. The summed E-state index contributed by atoms with van der Waals surface area (Å²) in [4.78, 5) is 8.43. The van der Waals surface area contributed by atoms with E-state index >= 15 is 0 Å². The van der Waals surface area contributed by atoms with Crippen molar-refractivity contribution in [2.45, 2.75) is 20.0 Å². The molecule has 0 saturated heterocycles. The van der Waals surface area contributed by atoms with E-state index in [2.05, 4.69) is 51.8 Å². The van der Waals surface area contributed by atoms with Crippen LogP contribution in [0.4, 0.5) is 16.0 Å². The second kappa shape index (κ2) is 7.55. The van der Waals surface area contributed by atoms with Gasteiger partial charge < -0.3 is 10.6 Å². The van der Waals surface area contributed by atoms with Crippen molar-refractivity contribution >= 4 is 11.6 Å². The molecule has 0 radical (unpaired) electrons. The fraction of sp³-hybridized carbons (Fsp3) is 0.158. The van der Waals surface area contributed by atoms with Gasteiger partial charge in [-0.05, 0) is 30.2 Å². The Morgan fingerprint density at radius 2 is 1.29 bits per heavy atom. The lowest BCUT2D eigenvalue weighted by atomic mass is 10.1. The number of hydrogen-bond acceptors (Lipinski definition) is 4. The van der Waals surface area contributed by atoms with Gasteiger partial charge in [0, 0.05) is 19.2 Å². The third-order valence-corrected chi connectivity index (χ3v) is 3.65. The topological polar surface area (TPSA) is 49.8 Å². The highest BCUT2D eigenvalue weighted by atomic mass is 19.1. The maximum absolute atomic E-state index is 12.9. The number of benzene rings is 2. The fourth-order valence-corrected chi connectivity index (χ4v) is 2.24. The molecule has 0 aliphatic rings. The van der Waals surface area contributed by atoms with Gasteiger partial charge in [0.2, 0.25) is 0 Å². The van der Waals surface area contributed by atoms with Gasteiger partial charge in [-0.25, -0.2) is 14.4 Å². The van der Waals surface area contributed by atoms with Crippen LogP contribution in [0.2, 0.25) is 0 Å². The van der Waals surface area contributed by atoms with Crippen molar-refractivity contribution < 1.29 is 4.39 Å². The number of rotatable bonds is 6. The van der Waals surface area contributed by atoms with E-state index in [-0.39, 0.29) is 5.82 Å². The monoisotopic (exact) mass is 322 g/mol. The Hall–Kier alpha value is -2.95. The Morgan fingerprint density at radius 3 is 1.83 bits per heavy atom. The fourth-order valence-electron chi connectivity index (χ4n) is 2.24. The summed E-state index contributed by atoms with van der Waals surface area (Å²) in [5.74, 6) is 1.25. The normalized spacial score (nSPS) is 10.4. The van der Waals surface area contributed by atoms with Gasteiger partial charge in [-0.3, -0.25) is 0 Å². The Kier molecular flexibility index (Phi) is 5.01. The number of anilines is 2. The Bertz CT molecular complexity index is 720. The molecule has 0 saturated carbocycles. The molecular formula is C19H19FN4. The average Bonchev–Trinajstić information content (AvgIpc) is 2.61. The molecule has 5 heteroatoms. The highest BCUT2D eigenvalue weighted by molar-refractivity contribution is 5.47. The average molecular weight is 322 g/mol. The second-order valence-electron chi connectivity index (χ2n) is 5.61. The highest BCUT2D eigenvalue weighted by Crippen LogP contribution is 2.12. The number of nitrogens with zero attached hydrogens (tertiary/aromatic N) is 2. The molecule has 4 nitrogen and oxygen atoms in total. The first-order valence-corrected chi connectivity index (χ1v) is 7.79. The van der Waals surface area contributed by atoms with Crippen LogP contribution in [0.1, 0.15) is 16.7 Å². The molecule has 1 heterocycles. The lowest BCUT2D eigenvalue weighted by molar-refractivity contribution is 0.627. The first-order chi connectivity index (χ1) is 11.7. The van der Waals surface area contributed by atoms with Gasteiger partial charge >= 0.3 is 0 Å². The van der Waals surface area contributed by atoms with Gasteiger partial charge in [-0.15, -0.1) is 0 Å². The molecule has 3 aromatic rings. The summed E-state index contributed by atoms with van der Waals surface area (Å²) >= 11 is 0. The molecule has 0 unspecified atom stereocenters. The number of aromatic nitrogens is 2. The zero-order chi connectivity index (χ0) is 16.8. The Morgan fingerprint density at radius 1 is 0.792 bits per heavy atom. The summed E-state index contributed by atoms with van der Waals surface area (Å²) in [5, 5.41) is 6.50. The van der Waals surface area contributed by atoms with Crippen LogP contribution in [0.5, 0.6) is 0 Å². The van der Waals surface area contributed by atoms with Gasteiger partial charge in [-0.1, -0.05) is 42.0 Å². The predicted octanol–water partition coefficient (Wildman–Crippen LogP) is 4.15. The molecule has 0 atom stereocenters. The highest BCUT2D eigenvalue weighted by Gasteiger charge is 2.00. The van der Waals surface area contributed by atoms with Gasteiger partial charge in [0.1, 0.15) is 23.8 Å². The van der Waals surface area contributed by atoms with Crippen LogP contribution in [0.25, 0.3) is 0 Å². The lowest BCUT2D eigenvalue weighted by Gasteiger charge is -2.09. The minimum atomic E-state index is -0.233. The molecule has 0 amide bonds. The Balaban J connectivity index is 1.57. The largest absolute Gasteiger partial charge is 0.366 e. The molecule has 2 aromatic carbocycles.